The van der Waals surface area contributed by atoms with E-state index in [0.717, 1.165) is 0 Å². The van der Waals surface area contributed by atoms with Crippen LogP contribution in [0.25, 0.3) is 0 Å². The fourth-order valence-corrected chi connectivity index (χ4v) is 1.81. The average Bonchev–Trinajstić information content (AvgIpc) is 2.21. The van der Waals surface area contributed by atoms with Crippen molar-refractivity contribution in [3.05, 3.63) is 0 Å². The van der Waals surface area contributed by atoms with Crippen LogP contribution in [-0.2, 0) is 4.74 Å². The summed E-state index contributed by atoms with van der Waals surface area (Å²) in [5.74, 6) is -2.51. The van der Waals surface area contributed by atoms with Crippen LogP contribution in [0.2, 0.25) is 0 Å². The lowest BCUT2D eigenvalue weighted by Crippen LogP contribution is -2.44. The largest absolute Gasteiger partial charge is 0.375 e. The number of ether oxygens (including phenoxy) is 1. The van der Waals surface area contributed by atoms with E-state index in [1.165, 1.54) is 0 Å². The van der Waals surface area contributed by atoms with Crippen molar-refractivity contribution in [3.63, 3.8) is 0 Å². The molecule has 5 heteroatoms. The molecule has 12 heavy (non-hydrogen) atoms. The second kappa shape index (κ2) is 3.44. The zero-order valence-corrected chi connectivity index (χ0v) is 7.37. The first-order valence-electron chi connectivity index (χ1n) is 3.90. The van der Waals surface area contributed by atoms with Gasteiger partial charge in [-0.2, -0.15) is 0 Å². The van der Waals surface area contributed by atoms with E-state index in [-0.39, 0.29) is 37.4 Å². The quantitative estimate of drug-likeness (QED) is 0.633. The highest BCUT2D eigenvalue weighted by Gasteiger charge is 2.47. The van der Waals surface area contributed by atoms with Gasteiger partial charge in [-0.1, -0.05) is 0 Å². The maximum absolute atomic E-state index is 12.7. The second-order valence-electron chi connectivity index (χ2n) is 3.23. The molecule has 0 aromatic carbocycles. The highest BCUT2D eigenvalue weighted by molar-refractivity contribution is 5.85. The summed E-state index contributed by atoms with van der Waals surface area (Å²) in [4.78, 5) is 0. The molecule has 1 aliphatic heterocycles. The van der Waals surface area contributed by atoms with Gasteiger partial charge in [0.05, 0.1) is 12.7 Å². The molecule has 2 nitrogen and oxygen atoms in total. The molecule has 1 heterocycles. The van der Waals surface area contributed by atoms with Gasteiger partial charge < -0.3 is 10.1 Å². The first-order chi connectivity index (χ1) is 5.17. The summed E-state index contributed by atoms with van der Waals surface area (Å²) in [5.41, 5.74) is 0. The van der Waals surface area contributed by atoms with Crippen molar-refractivity contribution in [1.29, 1.82) is 0 Å². The smallest absolute Gasteiger partial charge is 0.252 e. The predicted octanol–water partition coefficient (Wildman–Crippen LogP) is 1.19. The summed E-state index contributed by atoms with van der Waals surface area (Å²) in [6.07, 6.45) is -0.416. The second-order valence-corrected chi connectivity index (χ2v) is 3.23. The van der Waals surface area contributed by atoms with Crippen LogP contribution >= 0.6 is 12.4 Å². The van der Waals surface area contributed by atoms with Crippen molar-refractivity contribution >= 4 is 12.4 Å². The summed E-state index contributed by atoms with van der Waals surface area (Å²) in [6.45, 7) is 1.27. The van der Waals surface area contributed by atoms with E-state index in [2.05, 4.69) is 5.32 Å². The van der Waals surface area contributed by atoms with Crippen LogP contribution in [0, 0.1) is 0 Å². The van der Waals surface area contributed by atoms with Gasteiger partial charge in [0.1, 0.15) is 0 Å². The van der Waals surface area contributed by atoms with Crippen molar-refractivity contribution in [2.75, 3.05) is 13.2 Å². The molecule has 0 spiro atoms. The van der Waals surface area contributed by atoms with Crippen LogP contribution in [0.5, 0.6) is 0 Å². The van der Waals surface area contributed by atoms with Crippen LogP contribution in [0.1, 0.15) is 12.8 Å². The summed E-state index contributed by atoms with van der Waals surface area (Å²) in [5, 5.41) is 3.03. The molecule has 2 fully saturated rings. The minimum absolute atomic E-state index is 0. The SMILES string of the molecule is Cl.FC1(F)C[C@@H]2NCCO[C@H]2C1. The lowest BCUT2D eigenvalue weighted by atomic mass is 10.2. The Labute approximate surface area is 76.1 Å². The summed E-state index contributed by atoms with van der Waals surface area (Å²) in [6, 6.07) is -0.112. The van der Waals surface area contributed by atoms with E-state index >= 15 is 0 Å². The zero-order chi connectivity index (χ0) is 7.90. The molecule has 2 atom stereocenters. The van der Waals surface area contributed by atoms with Gasteiger partial charge in [0, 0.05) is 25.4 Å². The number of hydrogen-bond acceptors (Lipinski definition) is 2. The first kappa shape index (κ1) is 10.2. The molecule has 0 bridgehead atoms. The minimum Gasteiger partial charge on any atom is -0.375 e. The van der Waals surface area contributed by atoms with Gasteiger partial charge in [-0.15, -0.1) is 12.4 Å². The Bertz CT molecular complexity index is 151. The van der Waals surface area contributed by atoms with E-state index in [0.29, 0.717) is 13.2 Å². The summed E-state index contributed by atoms with van der Waals surface area (Å²) < 4.78 is 30.6. The fourth-order valence-electron chi connectivity index (χ4n) is 1.81. The monoisotopic (exact) mass is 199 g/mol. The predicted molar refractivity (Wildman–Crippen MR) is 43.0 cm³/mol. The highest BCUT2D eigenvalue weighted by atomic mass is 35.5. The molecular formula is C7H12ClF2NO. The van der Waals surface area contributed by atoms with E-state index in [9.17, 15) is 8.78 Å². The minimum atomic E-state index is -2.51. The van der Waals surface area contributed by atoms with Crippen LogP contribution in [0.3, 0.4) is 0 Å². The lowest BCUT2D eigenvalue weighted by molar-refractivity contribution is -0.0234. The Morgan fingerprint density at radius 3 is 2.75 bits per heavy atom. The van der Waals surface area contributed by atoms with E-state index in [1.807, 2.05) is 0 Å². The topological polar surface area (TPSA) is 21.3 Å². The third-order valence-electron chi connectivity index (χ3n) is 2.31. The number of nitrogens with one attached hydrogen (secondary N) is 1. The summed E-state index contributed by atoms with van der Waals surface area (Å²) in [7, 11) is 0. The zero-order valence-electron chi connectivity index (χ0n) is 6.56. The molecule has 1 saturated carbocycles. The number of alkyl halides is 2. The molecule has 0 unspecified atom stereocenters. The number of hydrogen-bond donors (Lipinski definition) is 1. The van der Waals surface area contributed by atoms with Gasteiger partial charge in [-0.3, -0.25) is 0 Å². The van der Waals surface area contributed by atoms with Gasteiger partial charge in [0.25, 0.3) is 5.92 Å². The van der Waals surface area contributed by atoms with Gasteiger partial charge >= 0.3 is 0 Å². The van der Waals surface area contributed by atoms with Crippen molar-refractivity contribution in [2.24, 2.45) is 0 Å². The molecular weight excluding hydrogens is 188 g/mol. The normalized spacial score (nSPS) is 38.5. The Kier molecular flexibility index (Phi) is 2.91. The van der Waals surface area contributed by atoms with E-state index < -0.39 is 5.92 Å². The third kappa shape index (κ3) is 1.87. The average molecular weight is 200 g/mol. The van der Waals surface area contributed by atoms with Gasteiger partial charge in [-0.05, 0) is 0 Å². The molecule has 0 radical (unpaired) electrons. The van der Waals surface area contributed by atoms with Crippen molar-refractivity contribution in [2.45, 2.75) is 30.9 Å². The van der Waals surface area contributed by atoms with Gasteiger partial charge in [0.15, 0.2) is 0 Å². The first-order valence-corrected chi connectivity index (χ1v) is 3.90. The molecule has 2 rings (SSSR count). The van der Waals surface area contributed by atoms with Gasteiger partial charge in [0.2, 0.25) is 0 Å². The number of fused-ring (bicyclic) bond motifs is 1. The molecule has 72 valence electrons. The molecule has 1 aliphatic carbocycles. The standard InChI is InChI=1S/C7H11F2NO.ClH/c8-7(9)3-5-6(4-7)11-2-1-10-5;/h5-6,10H,1-4H2;1H/t5-,6-;/m0./s1. The third-order valence-corrected chi connectivity index (χ3v) is 2.31. The molecule has 0 aromatic rings. The molecule has 1 N–H and O–H groups in total. The molecule has 1 saturated heterocycles. The van der Waals surface area contributed by atoms with Crippen LogP contribution in [0.4, 0.5) is 8.78 Å². The Morgan fingerprint density at radius 1 is 1.33 bits per heavy atom. The van der Waals surface area contributed by atoms with Crippen molar-refractivity contribution in [3.8, 4) is 0 Å². The molecule has 0 aromatic heterocycles. The number of halogens is 3. The highest BCUT2D eigenvalue weighted by Crippen LogP contribution is 2.37. The van der Waals surface area contributed by atoms with Crippen molar-refractivity contribution in [1.82, 2.24) is 5.32 Å². The Morgan fingerprint density at radius 2 is 2.08 bits per heavy atom. The maximum atomic E-state index is 12.7. The lowest BCUT2D eigenvalue weighted by Gasteiger charge is -2.25. The van der Waals surface area contributed by atoms with Crippen LogP contribution in [-0.4, -0.2) is 31.2 Å². The van der Waals surface area contributed by atoms with Gasteiger partial charge in [-0.25, -0.2) is 8.78 Å². The van der Waals surface area contributed by atoms with Crippen LogP contribution < -0.4 is 5.32 Å². The summed E-state index contributed by atoms with van der Waals surface area (Å²) >= 11 is 0. The van der Waals surface area contributed by atoms with E-state index in [1.54, 1.807) is 0 Å². The fraction of sp³-hybridized carbons (Fsp3) is 1.00. The van der Waals surface area contributed by atoms with E-state index in [4.69, 9.17) is 4.74 Å². The van der Waals surface area contributed by atoms with Crippen molar-refractivity contribution < 1.29 is 13.5 Å². The molecule has 0 amide bonds. The number of morpholine rings is 1. The Balaban J connectivity index is 0.000000720. The maximum Gasteiger partial charge on any atom is 0.252 e. The molecule has 2 aliphatic rings. The Hall–Kier alpha value is 0.0700. The number of rotatable bonds is 0. The van der Waals surface area contributed by atoms with Crippen LogP contribution in [0.15, 0.2) is 0 Å².